The molecule has 2 aliphatic rings. The molecule has 0 spiro atoms. The third-order valence-electron chi connectivity index (χ3n) is 19.6. The number of carbonyl (C=O) groups is 6. The summed E-state index contributed by atoms with van der Waals surface area (Å²) < 4.78 is 24.7. The van der Waals surface area contributed by atoms with E-state index in [0.717, 1.165) is 81.2 Å². The van der Waals surface area contributed by atoms with Crippen molar-refractivity contribution in [3.05, 3.63) is 248 Å². The van der Waals surface area contributed by atoms with E-state index in [1.54, 1.807) is 60.9 Å². The molecule has 0 bridgehead atoms. The molecule has 2 aliphatic heterocycles. The minimum Gasteiger partial charge on any atom is -0.465 e. The lowest BCUT2D eigenvalue weighted by Crippen LogP contribution is -2.33. The average Bonchev–Trinajstić information content (AvgIpc) is 1.55. The molecule has 7 aromatic carbocycles. The van der Waals surface area contributed by atoms with Gasteiger partial charge < -0.3 is 33.3 Å². The van der Waals surface area contributed by atoms with Crippen LogP contribution in [0, 0.1) is 27.7 Å². The molecule has 2 aromatic heterocycles. The van der Waals surface area contributed by atoms with Crippen LogP contribution in [-0.2, 0) is 31.1 Å². The zero-order valence-corrected chi connectivity index (χ0v) is 61.4. The van der Waals surface area contributed by atoms with E-state index >= 15 is 0 Å². The maximum absolute atomic E-state index is 13.9. The van der Waals surface area contributed by atoms with Crippen molar-refractivity contribution in [2.75, 3.05) is 56.8 Å². The number of ether oxygens (including phenoxy) is 4. The second-order valence-corrected chi connectivity index (χ2v) is 26.6. The van der Waals surface area contributed by atoms with Gasteiger partial charge in [-0.2, -0.15) is 0 Å². The summed E-state index contributed by atoms with van der Waals surface area (Å²) in [5.41, 5.74) is 12.6. The van der Waals surface area contributed by atoms with Gasteiger partial charge >= 0.3 is 23.9 Å². The second-order valence-electron chi connectivity index (χ2n) is 26.6. The Morgan fingerprint density at radius 1 is 0.544 bits per heavy atom. The lowest BCUT2D eigenvalue weighted by Gasteiger charge is -2.32. The van der Waals surface area contributed by atoms with Gasteiger partial charge in [-0.3, -0.25) is 19.5 Å². The van der Waals surface area contributed by atoms with Gasteiger partial charge in [0.1, 0.15) is 12.3 Å². The molecule has 9 aromatic rings. The Morgan fingerprint density at radius 3 is 1.78 bits per heavy atom. The number of benzene rings is 7. The number of unbranched alkanes of at least 4 members (excludes halogenated alkanes) is 11. The maximum Gasteiger partial charge on any atom is 0.360 e. The highest BCUT2D eigenvalue weighted by Gasteiger charge is 2.54. The number of para-hydroxylation sites is 1. The summed E-state index contributed by atoms with van der Waals surface area (Å²) in [5, 5.41) is 1.10. The summed E-state index contributed by atoms with van der Waals surface area (Å²) in [6.45, 7) is 20.5. The number of amides is 2. The van der Waals surface area contributed by atoms with Crippen LogP contribution in [0.2, 0.25) is 0 Å². The number of carbonyl (C=O) groups excluding carboxylic acids is 6. The Labute approximate surface area is 606 Å². The van der Waals surface area contributed by atoms with Gasteiger partial charge in [-0.25, -0.2) is 29.2 Å². The van der Waals surface area contributed by atoms with E-state index in [1.165, 1.54) is 127 Å². The molecule has 4 heterocycles. The number of hydrogen-bond acceptors (Lipinski definition) is 15. The van der Waals surface area contributed by atoms with Crippen molar-refractivity contribution in [3.8, 4) is 0 Å². The van der Waals surface area contributed by atoms with E-state index in [0.29, 0.717) is 45.9 Å². The van der Waals surface area contributed by atoms with Gasteiger partial charge in [0.25, 0.3) is 11.8 Å². The van der Waals surface area contributed by atoms with Crippen LogP contribution < -0.4 is 9.80 Å². The second kappa shape index (κ2) is 35.4. The van der Waals surface area contributed by atoms with Gasteiger partial charge in [0, 0.05) is 94.5 Å². The van der Waals surface area contributed by atoms with Crippen LogP contribution in [-0.4, -0.2) is 108 Å². The normalized spacial score (nSPS) is 13.9. The van der Waals surface area contributed by atoms with Gasteiger partial charge in [-0.15, -0.1) is 0 Å². The number of imide groups is 1. The number of cyclic esters (lactones) is 1. The Bertz CT molecular complexity index is 4510. The number of aryl methyl sites for hydroxylation is 4. The largest absolute Gasteiger partial charge is 0.465 e. The summed E-state index contributed by atoms with van der Waals surface area (Å²) in [4.78, 5) is 99.1. The molecule has 103 heavy (non-hydrogen) atoms. The number of aliphatic imine (C=N–C) groups is 1. The van der Waals surface area contributed by atoms with Crippen molar-refractivity contribution in [2.45, 2.75) is 157 Å². The lowest BCUT2D eigenvalue weighted by atomic mass is 9.79. The highest BCUT2D eigenvalue weighted by Crippen LogP contribution is 2.51. The Morgan fingerprint density at radius 2 is 1.13 bits per heavy atom. The summed E-state index contributed by atoms with van der Waals surface area (Å²) >= 11 is 0. The fourth-order valence-corrected chi connectivity index (χ4v) is 14.2. The number of anilines is 3. The van der Waals surface area contributed by atoms with Crippen molar-refractivity contribution >= 4 is 75.1 Å². The number of hydrogen-bond donors (Lipinski definition) is 0. The summed E-state index contributed by atoms with van der Waals surface area (Å²) in [7, 11) is 2.50. The number of fused-ring (bicyclic) bond motifs is 3. The van der Waals surface area contributed by atoms with Crippen LogP contribution in [0.4, 0.5) is 22.7 Å². The highest BCUT2D eigenvalue weighted by molar-refractivity contribution is 6.22. The van der Waals surface area contributed by atoms with E-state index < -0.39 is 41.3 Å². The van der Waals surface area contributed by atoms with Gasteiger partial charge in [0.05, 0.1) is 60.0 Å². The molecule has 0 radical (unpaired) electrons. The molecular formula is C86H97N7O10. The first kappa shape index (κ1) is 75.1. The smallest absolute Gasteiger partial charge is 0.360 e. The average molecular weight is 1390 g/mol. The number of nitrogens with zero attached hydrogens (tertiary/aromatic N) is 7. The molecule has 17 heteroatoms. The molecule has 17 nitrogen and oxygen atoms in total. The zero-order chi connectivity index (χ0) is 73.2. The Kier molecular flexibility index (Phi) is 25.8. The molecule has 0 saturated carbocycles. The van der Waals surface area contributed by atoms with E-state index in [4.69, 9.17) is 28.9 Å². The fourth-order valence-electron chi connectivity index (χ4n) is 14.2. The van der Waals surface area contributed by atoms with Crippen LogP contribution >= 0.6 is 0 Å². The number of rotatable bonds is 32. The summed E-state index contributed by atoms with van der Waals surface area (Å²) in [6.07, 6.45) is 20.7. The summed E-state index contributed by atoms with van der Waals surface area (Å²) in [6, 6.07) is 47.0. The molecule has 0 N–H and O–H groups in total. The standard InChI is InChI=1S/C44H39N3O8.C42H58N4O2/c1-6-46(30-18-15-27(2)16-19-30)31-20-22-32(28(3)25-31)39(45-38-26-29(42(50)53-4)17-21-37(38)43(51)54-5)33-11-7-10-14-36(33)44(52)55-24-23-47-40(48)34-12-8-9-13-35(34)41(47)49;1-6-9-12-15-16-21-30-46-33(5)38(35-22-17-18-23-37(35)46)42(40-39(41(47)48-42)43-26-27-44-40)36-25-24-34(31-32(36)4)45(28-19-13-10-7-2)29-20-14-11-8-3/h7-22,25-26H,6,23-24H2,1-5H3;17-18,22-27,31H,6-16,19-21,28-30H2,1-5H3. The van der Waals surface area contributed by atoms with Crippen LogP contribution in [0.1, 0.15) is 230 Å². The fraction of sp³-hybridized carbons (Fsp3) is 0.360. The van der Waals surface area contributed by atoms with E-state index in [-0.39, 0.29) is 35.5 Å². The van der Waals surface area contributed by atoms with E-state index in [1.807, 2.05) is 32.0 Å². The molecule has 0 aliphatic carbocycles. The number of esters is 4. The molecule has 1 unspecified atom stereocenters. The molecule has 0 fully saturated rings. The first-order chi connectivity index (χ1) is 50.0. The predicted molar refractivity (Wildman–Crippen MR) is 407 cm³/mol. The first-order valence-corrected chi connectivity index (χ1v) is 36.6. The highest BCUT2D eigenvalue weighted by atomic mass is 16.6. The molecule has 2 amide bonds. The summed E-state index contributed by atoms with van der Waals surface area (Å²) in [5.74, 6) is -3.36. The van der Waals surface area contributed by atoms with Crippen LogP contribution in [0.5, 0.6) is 0 Å². The Balaban J connectivity index is 0.000000224. The quantitative estimate of drug-likeness (QED) is 0.0127. The van der Waals surface area contributed by atoms with Gasteiger partial charge in [-0.1, -0.05) is 170 Å². The molecule has 0 saturated heterocycles. The maximum atomic E-state index is 13.9. The van der Waals surface area contributed by atoms with Gasteiger partial charge in [0.2, 0.25) is 5.60 Å². The van der Waals surface area contributed by atoms with Gasteiger partial charge in [-0.05, 0) is 144 Å². The molecule has 1 atom stereocenters. The minimum atomic E-state index is -1.19. The monoisotopic (exact) mass is 1390 g/mol. The van der Waals surface area contributed by atoms with Crippen molar-refractivity contribution in [1.29, 1.82) is 0 Å². The van der Waals surface area contributed by atoms with Crippen molar-refractivity contribution in [1.82, 2.24) is 19.4 Å². The van der Waals surface area contributed by atoms with Gasteiger partial charge in [0.15, 0.2) is 5.69 Å². The zero-order valence-electron chi connectivity index (χ0n) is 61.4. The van der Waals surface area contributed by atoms with Crippen molar-refractivity contribution in [3.63, 3.8) is 0 Å². The minimum absolute atomic E-state index is 0.0828. The lowest BCUT2D eigenvalue weighted by molar-refractivity contribution is 0.0240. The van der Waals surface area contributed by atoms with Crippen LogP contribution in [0.15, 0.2) is 169 Å². The third kappa shape index (κ3) is 16.7. The molecule has 11 rings (SSSR count). The van der Waals surface area contributed by atoms with E-state index in [9.17, 15) is 28.8 Å². The predicted octanol–water partition coefficient (Wildman–Crippen LogP) is 18.5. The first-order valence-electron chi connectivity index (χ1n) is 36.6. The SMILES string of the molecule is CCCCCCCCn1c(C)c(C2(c3ccc(N(CCCCCC)CCCCCC)cc3C)OC(=O)c3nccnc32)c2ccccc21.CCN(c1ccc(C)cc1)c1ccc(C(=Nc2cc(C(=O)OC)ccc2C(=O)OC)c2ccccc2C(=O)OCCN2C(=O)c3ccccc3C2=O)c(C)c1. The van der Waals surface area contributed by atoms with Crippen LogP contribution in [0.3, 0.4) is 0 Å². The number of aromatic nitrogens is 3. The van der Waals surface area contributed by atoms with E-state index in [2.05, 4.69) is 128 Å². The third-order valence-corrected chi connectivity index (χ3v) is 19.6. The topological polar surface area (TPSA) is 192 Å². The number of methoxy groups -OCH3 is 2. The van der Waals surface area contributed by atoms with Crippen molar-refractivity contribution < 1.29 is 47.7 Å². The molecular weight excluding hydrogens is 1290 g/mol. The Hall–Kier alpha value is -10.6. The molecule has 536 valence electrons. The van der Waals surface area contributed by atoms with Crippen molar-refractivity contribution in [2.24, 2.45) is 4.99 Å². The van der Waals surface area contributed by atoms with Crippen LogP contribution in [0.25, 0.3) is 10.9 Å².